The largest absolute Gasteiger partial charge is 0.390 e. The van der Waals surface area contributed by atoms with Crippen LogP contribution in [0.25, 0.3) is 0 Å². The zero-order valence-corrected chi connectivity index (χ0v) is 32.5. The SMILES string of the molecule is C[C@@H]1O[C@@H](O[C@@H]2C[C@H](O[C@@H]3C[C@H](OCc4ccccc4)O[C@@H](C)[C@@H]3OCc3ccccc3)O[C@@H](C)[C@@H]2OCc2ccccc2)C[C@@H](O)[C@H]1OCc1ccccc1. The Hall–Kier alpha value is -3.52. The monoisotopic (exact) mass is 768 g/mol. The molecule has 7 rings (SSSR count). The Bertz CT molecular complexity index is 1690. The molecule has 3 heterocycles. The lowest BCUT2D eigenvalue weighted by atomic mass is 9.99. The molecule has 3 fully saturated rings. The molecular formula is C46H56O10. The molecule has 0 bridgehead atoms. The molecule has 56 heavy (non-hydrogen) atoms. The maximum Gasteiger partial charge on any atom is 0.161 e. The zero-order valence-electron chi connectivity index (χ0n) is 32.5. The molecule has 0 radical (unpaired) electrons. The summed E-state index contributed by atoms with van der Waals surface area (Å²) < 4.78 is 58.4. The van der Waals surface area contributed by atoms with Crippen molar-refractivity contribution in [3.8, 4) is 0 Å². The molecular weight excluding hydrogens is 712 g/mol. The standard InChI is InChI=1S/C46H56O10/c1-31-44(49-28-35-18-10-5-11-19-35)38(47)24-42(53-31)55-40-26-43(54-33(3)46(40)51-30-37-22-14-7-15-23-37)56-39-25-41(48-27-34-16-8-4-9-17-34)52-32(2)45(39)50-29-36-20-12-6-13-21-36/h4-23,31-33,38-47H,24-30H2,1-3H3/t31-,32-,33-,38+,39+,40+,41+,42-,43-,44-,45-,46-/m0/s1. The molecule has 10 heteroatoms. The van der Waals surface area contributed by atoms with E-state index in [9.17, 15) is 5.11 Å². The Balaban J connectivity index is 1.04. The second-order valence-corrected chi connectivity index (χ2v) is 15.0. The molecule has 0 unspecified atom stereocenters. The predicted molar refractivity (Wildman–Crippen MR) is 209 cm³/mol. The fourth-order valence-electron chi connectivity index (χ4n) is 7.75. The molecule has 4 aromatic rings. The zero-order chi connectivity index (χ0) is 38.7. The van der Waals surface area contributed by atoms with Crippen molar-refractivity contribution in [3.05, 3.63) is 144 Å². The summed E-state index contributed by atoms with van der Waals surface area (Å²) >= 11 is 0. The lowest BCUT2D eigenvalue weighted by Crippen LogP contribution is -2.56. The topological polar surface area (TPSA) is 103 Å². The molecule has 0 spiro atoms. The molecule has 4 aromatic carbocycles. The van der Waals surface area contributed by atoms with Gasteiger partial charge in [0.2, 0.25) is 0 Å². The van der Waals surface area contributed by atoms with E-state index < -0.39 is 55.5 Å². The van der Waals surface area contributed by atoms with E-state index in [-0.39, 0.29) is 24.7 Å². The van der Waals surface area contributed by atoms with Gasteiger partial charge in [-0.05, 0) is 43.0 Å². The average molecular weight is 769 g/mol. The number of aliphatic hydroxyl groups excluding tert-OH is 1. The molecule has 0 saturated carbocycles. The summed E-state index contributed by atoms with van der Waals surface area (Å²) in [6.07, 6.45) is -4.83. The summed E-state index contributed by atoms with van der Waals surface area (Å²) in [7, 11) is 0. The van der Waals surface area contributed by atoms with Crippen LogP contribution in [0.4, 0.5) is 0 Å². The molecule has 3 aliphatic heterocycles. The normalized spacial score (nSPS) is 32.2. The van der Waals surface area contributed by atoms with E-state index >= 15 is 0 Å². The second-order valence-electron chi connectivity index (χ2n) is 15.0. The number of aliphatic hydroxyl groups is 1. The lowest BCUT2D eigenvalue weighted by molar-refractivity contribution is -0.336. The average Bonchev–Trinajstić information content (AvgIpc) is 3.21. The number of hydrogen-bond acceptors (Lipinski definition) is 10. The van der Waals surface area contributed by atoms with Crippen molar-refractivity contribution < 1.29 is 47.7 Å². The van der Waals surface area contributed by atoms with Crippen molar-refractivity contribution in [1.29, 1.82) is 0 Å². The minimum Gasteiger partial charge on any atom is -0.390 e. The van der Waals surface area contributed by atoms with Crippen LogP contribution in [0.1, 0.15) is 62.3 Å². The third-order valence-corrected chi connectivity index (χ3v) is 10.7. The molecule has 3 saturated heterocycles. The van der Waals surface area contributed by atoms with Crippen molar-refractivity contribution in [3.63, 3.8) is 0 Å². The van der Waals surface area contributed by atoms with Crippen LogP contribution < -0.4 is 0 Å². The molecule has 10 nitrogen and oxygen atoms in total. The molecule has 0 aromatic heterocycles. The minimum atomic E-state index is -0.778. The smallest absolute Gasteiger partial charge is 0.161 e. The van der Waals surface area contributed by atoms with Gasteiger partial charge in [0.1, 0.15) is 18.3 Å². The van der Waals surface area contributed by atoms with Crippen LogP contribution in [0, 0.1) is 0 Å². The second kappa shape index (κ2) is 20.3. The highest BCUT2D eigenvalue weighted by Crippen LogP contribution is 2.35. The third kappa shape index (κ3) is 11.3. The van der Waals surface area contributed by atoms with Gasteiger partial charge in [0.25, 0.3) is 0 Å². The maximum atomic E-state index is 11.3. The highest BCUT2D eigenvalue weighted by atomic mass is 16.7. The number of benzene rings is 4. The lowest BCUT2D eigenvalue weighted by Gasteiger charge is -2.46. The summed E-state index contributed by atoms with van der Waals surface area (Å²) in [5, 5.41) is 11.3. The van der Waals surface area contributed by atoms with Crippen LogP contribution in [0.15, 0.2) is 121 Å². The highest BCUT2D eigenvalue weighted by molar-refractivity contribution is 5.16. The fraction of sp³-hybridized carbons (Fsp3) is 0.478. The van der Waals surface area contributed by atoms with E-state index in [0.717, 1.165) is 22.3 Å². The Kier molecular flexibility index (Phi) is 14.7. The Morgan fingerprint density at radius 2 is 0.750 bits per heavy atom. The van der Waals surface area contributed by atoms with E-state index in [2.05, 4.69) is 0 Å². The third-order valence-electron chi connectivity index (χ3n) is 10.7. The number of ether oxygens (including phenoxy) is 9. The van der Waals surface area contributed by atoms with Crippen LogP contribution in [0.2, 0.25) is 0 Å². The van der Waals surface area contributed by atoms with Crippen LogP contribution in [-0.2, 0) is 69.1 Å². The summed E-state index contributed by atoms with van der Waals surface area (Å²) in [5.41, 5.74) is 4.20. The number of rotatable bonds is 16. The van der Waals surface area contributed by atoms with Crippen molar-refractivity contribution in [2.24, 2.45) is 0 Å². The first-order valence-electron chi connectivity index (χ1n) is 20.0. The molecule has 3 aliphatic rings. The molecule has 1 N–H and O–H groups in total. The van der Waals surface area contributed by atoms with Gasteiger partial charge in [-0.25, -0.2) is 0 Å². The molecule has 300 valence electrons. The molecule has 0 aliphatic carbocycles. The van der Waals surface area contributed by atoms with Crippen LogP contribution in [0.5, 0.6) is 0 Å². The van der Waals surface area contributed by atoms with Gasteiger partial charge in [-0.15, -0.1) is 0 Å². The highest BCUT2D eigenvalue weighted by Gasteiger charge is 2.46. The first-order valence-corrected chi connectivity index (χ1v) is 20.0. The van der Waals surface area contributed by atoms with Crippen molar-refractivity contribution in [2.75, 3.05) is 0 Å². The molecule has 12 atom stereocenters. The number of hydrogen-bond donors (Lipinski definition) is 1. The predicted octanol–water partition coefficient (Wildman–Crippen LogP) is 7.50. The van der Waals surface area contributed by atoms with Gasteiger partial charge in [0.05, 0.1) is 63.1 Å². The van der Waals surface area contributed by atoms with E-state index in [1.165, 1.54) is 0 Å². The van der Waals surface area contributed by atoms with E-state index in [1.54, 1.807) is 0 Å². The van der Waals surface area contributed by atoms with Gasteiger partial charge in [-0.2, -0.15) is 0 Å². The van der Waals surface area contributed by atoms with Gasteiger partial charge in [0.15, 0.2) is 18.9 Å². The quantitative estimate of drug-likeness (QED) is 0.123. The van der Waals surface area contributed by atoms with E-state index in [4.69, 9.17) is 42.6 Å². The van der Waals surface area contributed by atoms with E-state index in [0.29, 0.717) is 39.3 Å². The van der Waals surface area contributed by atoms with Crippen molar-refractivity contribution >= 4 is 0 Å². The summed E-state index contributed by atoms with van der Waals surface area (Å²) in [4.78, 5) is 0. The van der Waals surface area contributed by atoms with Crippen LogP contribution in [0.3, 0.4) is 0 Å². The summed E-state index contributed by atoms with van der Waals surface area (Å²) in [6.45, 7) is 7.48. The molecule has 0 amide bonds. The minimum absolute atomic E-state index is 0.250. The summed E-state index contributed by atoms with van der Waals surface area (Å²) in [6, 6.07) is 40.1. The van der Waals surface area contributed by atoms with Crippen LogP contribution >= 0.6 is 0 Å². The maximum absolute atomic E-state index is 11.3. The van der Waals surface area contributed by atoms with E-state index in [1.807, 2.05) is 142 Å². The van der Waals surface area contributed by atoms with Gasteiger partial charge < -0.3 is 47.7 Å². The Morgan fingerprint density at radius 1 is 0.429 bits per heavy atom. The van der Waals surface area contributed by atoms with Gasteiger partial charge in [-0.3, -0.25) is 0 Å². The fourth-order valence-corrected chi connectivity index (χ4v) is 7.75. The van der Waals surface area contributed by atoms with Gasteiger partial charge >= 0.3 is 0 Å². The Morgan fingerprint density at radius 3 is 1.16 bits per heavy atom. The van der Waals surface area contributed by atoms with Crippen molar-refractivity contribution in [2.45, 2.75) is 140 Å². The Labute approximate surface area is 330 Å². The van der Waals surface area contributed by atoms with Gasteiger partial charge in [0, 0.05) is 19.3 Å². The first-order chi connectivity index (χ1) is 27.4. The summed E-state index contributed by atoms with van der Waals surface area (Å²) in [5.74, 6) is 0. The van der Waals surface area contributed by atoms with Crippen LogP contribution in [-0.4, -0.2) is 78.9 Å². The van der Waals surface area contributed by atoms with Gasteiger partial charge in [-0.1, -0.05) is 121 Å². The van der Waals surface area contributed by atoms with Crippen molar-refractivity contribution in [1.82, 2.24) is 0 Å². The first kappa shape index (κ1) is 40.7.